The molecular formula is C22H24F3NO2. The highest BCUT2D eigenvalue weighted by atomic mass is 19.4. The van der Waals surface area contributed by atoms with Gasteiger partial charge in [-0.25, -0.2) is 4.79 Å². The van der Waals surface area contributed by atoms with Crippen molar-refractivity contribution in [2.45, 2.75) is 51.4 Å². The first-order chi connectivity index (χ1) is 13.0. The van der Waals surface area contributed by atoms with Gasteiger partial charge in [-0.1, -0.05) is 36.4 Å². The number of nitrogens with zero attached hydrogens (tertiary/aromatic N) is 1. The minimum atomic E-state index is -4.36. The average molecular weight is 391 g/mol. The first-order valence-corrected chi connectivity index (χ1v) is 9.28. The van der Waals surface area contributed by atoms with Crippen molar-refractivity contribution in [1.82, 2.24) is 4.90 Å². The second-order valence-corrected chi connectivity index (χ2v) is 8.04. The molecule has 6 heteroatoms. The maximum absolute atomic E-state index is 12.8. The predicted octanol–water partition coefficient (Wildman–Crippen LogP) is 5.78. The van der Waals surface area contributed by atoms with Crippen molar-refractivity contribution in [3.05, 3.63) is 70.8 Å². The maximum atomic E-state index is 12.8. The standard InChI is InChI=1S/C22H24F3NO2/c1-21(2,3)28-20(27)26-13-12-16-6-4-5-7-18(16)19(26)14-15-8-10-17(11-9-15)22(23,24)25/h4-11,19H,12-14H2,1-3H3/t19-/m0/s1. The zero-order valence-corrected chi connectivity index (χ0v) is 16.2. The van der Waals surface area contributed by atoms with E-state index in [1.165, 1.54) is 12.1 Å². The van der Waals surface area contributed by atoms with Crippen LogP contribution in [-0.4, -0.2) is 23.1 Å². The molecule has 1 heterocycles. The van der Waals surface area contributed by atoms with Gasteiger partial charge in [0.1, 0.15) is 5.60 Å². The van der Waals surface area contributed by atoms with Gasteiger partial charge >= 0.3 is 12.3 Å². The fraction of sp³-hybridized carbons (Fsp3) is 0.409. The molecule has 0 aromatic heterocycles. The van der Waals surface area contributed by atoms with Crippen LogP contribution in [0.2, 0.25) is 0 Å². The minimum absolute atomic E-state index is 0.281. The van der Waals surface area contributed by atoms with Crippen LogP contribution in [0.15, 0.2) is 48.5 Å². The fourth-order valence-electron chi connectivity index (χ4n) is 3.46. The average Bonchev–Trinajstić information content (AvgIpc) is 2.60. The lowest BCUT2D eigenvalue weighted by atomic mass is 9.89. The van der Waals surface area contributed by atoms with E-state index in [2.05, 4.69) is 0 Å². The highest BCUT2D eigenvalue weighted by Crippen LogP contribution is 2.35. The number of amides is 1. The molecule has 0 unspecified atom stereocenters. The van der Waals surface area contributed by atoms with Crippen LogP contribution >= 0.6 is 0 Å². The van der Waals surface area contributed by atoms with Crippen LogP contribution in [0.3, 0.4) is 0 Å². The largest absolute Gasteiger partial charge is 0.444 e. The number of ether oxygens (including phenoxy) is 1. The van der Waals surface area contributed by atoms with Crippen molar-refractivity contribution in [2.24, 2.45) is 0 Å². The number of rotatable bonds is 2. The highest BCUT2D eigenvalue weighted by molar-refractivity contribution is 5.69. The van der Waals surface area contributed by atoms with Gasteiger partial charge in [-0.2, -0.15) is 13.2 Å². The second kappa shape index (κ2) is 7.49. The van der Waals surface area contributed by atoms with E-state index in [1.807, 2.05) is 45.0 Å². The van der Waals surface area contributed by atoms with Gasteiger partial charge in [-0.05, 0) is 62.4 Å². The number of alkyl halides is 3. The van der Waals surface area contributed by atoms with E-state index in [1.54, 1.807) is 4.90 Å². The van der Waals surface area contributed by atoms with Gasteiger partial charge in [0, 0.05) is 6.54 Å². The lowest BCUT2D eigenvalue weighted by Crippen LogP contribution is -2.43. The van der Waals surface area contributed by atoms with Crippen LogP contribution < -0.4 is 0 Å². The molecular weight excluding hydrogens is 367 g/mol. The zero-order valence-electron chi connectivity index (χ0n) is 16.2. The van der Waals surface area contributed by atoms with Gasteiger partial charge in [0.05, 0.1) is 11.6 Å². The number of carbonyl (C=O) groups is 1. The molecule has 1 amide bonds. The topological polar surface area (TPSA) is 29.5 Å². The Morgan fingerprint density at radius 3 is 2.32 bits per heavy atom. The SMILES string of the molecule is CC(C)(C)OC(=O)N1CCc2ccccc2[C@@H]1Cc1ccc(C(F)(F)F)cc1. The van der Waals surface area contributed by atoms with E-state index < -0.39 is 23.4 Å². The van der Waals surface area contributed by atoms with Gasteiger partial charge in [0.25, 0.3) is 0 Å². The lowest BCUT2D eigenvalue weighted by Gasteiger charge is -2.38. The van der Waals surface area contributed by atoms with Crippen LogP contribution in [0.4, 0.5) is 18.0 Å². The van der Waals surface area contributed by atoms with Gasteiger partial charge in [-0.15, -0.1) is 0 Å². The van der Waals surface area contributed by atoms with Crippen LogP contribution in [0.1, 0.15) is 49.1 Å². The Bertz CT molecular complexity index is 838. The van der Waals surface area contributed by atoms with Crippen LogP contribution in [0.5, 0.6) is 0 Å². The van der Waals surface area contributed by atoms with Crippen LogP contribution in [0, 0.1) is 0 Å². The fourth-order valence-corrected chi connectivity index (χ4v) is 3.46. The van der Waals surface area contributed by atoms with Gasteiger partial charge in [0.15, 0.2) is 0 Å². The minimum Gasteiger partial charge on any atom is -0.444 e. The molecule has 0 spiro atoms. The molecule has 1 aliphatic heterocycles. The summed E-state index contributed by atoms with van der Waals surface area (Å²) in [6.45, 7) is 5.95. The van der Waals surface area contributed by atoms with Crippen LogP contribution in [0.25, 0.3) is 0 Å². The molecule has 0 saturated carbocycles. The second-order valence-electron chi connectivity index (χ2n) is 8.04. The van der Waals surface area contributed by atoms with Crippen molar-refractivity contribution >= 4 is 6.09 Å². The number of hydrogen-bond donors (Lipinski definition) is 0. The van der Waals surface area contributed by atoms with Gasteiger partial charge < -0.3 is 9.64 Å². The summed E-state index contributed by atoms with van der Waals surface area (Å²) < 4.78 is 44.1. The molecule has 0 N–H and O–H groups in total. The number of hydrogen-bond acceptors (Lipinski definition) is 2. The first-order valence-electron chi connectivity index (χ1n) is 9.28. The third kappa shape index (κ3) is 4.66. The van der Waals surface area contributed by atoms with Crippen molar-refractivity contribution in [3.8, 4) is 0 Å². The van der Waals surface area contributed by atoms with E-state index >= 15 is 0 Å². The summed E-state index contributed by atoms with van der Waals surface area (Å²) in [5.41, 5.74) is 1.61. The molecule has 3 nitrogen and oxygen atoms in total. The Labute approximate surface area is 163 Å². The first kappa shape index (κ1) is 20.2. The summed E-state index contributed by atoms with van der Waals surface area (Å²) in [6.07, 6.45) is -3.62. The summed E-state index contributed by atoms with van der Waals surface area (Å²) in [4.78, 5) is 14.5. The van der Waals surface area contributed by atoms with E-state index in [0.717, 1.165) is 35.2 Å². The van der Waals surface area contributed by atoms with E-state index in [4.69, 9.17) is 4.74 Å². The lowest BCUT2D eigenvalue weighted by molar-refractivity contribution is -0.137. The normalized spacial score (nSPS) is 17.2. The smallest absolute Gasteiger partial charge is 0.416 e. The molecule has 0 fully saturated rings. The zero-order chi connectivity index (χ0) is 20.5. The molecule has 0 radical (unpaired) electrons. The predicted molar refractivity (Wildman–Crippen MR) is 101 cm³/mol. The Hall–Kier alpha value is -2.50. The van der Waals surface area contributed by atoms with Gasteiger partial charge in [0.2, 0.25) is 0 Å². The van der Waals surface area contributed by atoms with Crippen LogP contribution in [-0.2, 0) is 23.8 Å². The molecule has 28 heavy (non-hydrogen) atoms. The van der Waals surface area contributed by atoms with E-state index in [0.29, 0.717) is 13.0 Å². The van der Waals surface area contributed by atoms with E-state index in [-0.39, 0.29) is 6.04 Å². The Kier molecular flexibility index (Phi) is 5.41. The molecule has 1 atom stereocenters. The monoisotopic (exact) mass is 391 g/mol. The molecule has 150 valence electrons. The summed E-state index contributed by atoms with van der Waals surface area (Å²) >= 11 is 0. The van der Waals surface area contributed by atoms with Crippen molar-refractivity contribution < 1.29 is 22.7 Å². The molecule has 2 aromatic carbocycles. The number of fused-ring (bicyclic) bond motifs is 1. The Morgan fingerprint density at radius 1 is 1.07 bits per heavy atom. The molecule has 0 saturated heterocycles. The highest BCUT2D eigenvalue weighted by Gasteiger charge is 2.34. The van der Waals surface area contributed by atoms with Crippen molar-refractivity contribution in [3.63, 3.8) is 0 Å². The summed E-state index contributed by atoms with van der Waals surface area (Å²) in [6, 6.07) is 12.7. The Balaban J connectivity index is 1.90. The molecule has 0 bridgehead atoms. The van der Waals surface area contributed by atoms with Crippen molar-refractivity contribution in [2.75, 3.05) is 6.54 Å². The Morgan fingerprint density at radius 2 is 1.71 bits per heavy atom. The summed E-state index contributed by atoms with van der Waals surface area (Å²) in [7, 11) is 0. The maximum Gasteiger partial charge on any atom is 0.416 e. The summed E-state index contributed by atoms with van der Waals surface area (Å²) in [5, 5.41) is 0. The molecule has 2 aromatic rings. The number of halogens is 3. The van der Waals surface area contributed by atoms with Crippen molar-refractivity contribution in [1.29, 1.82) is 0 Å². The third-order valence-electron chi connectivity index (χ3n) is 4.75. The quantitative estimate of drug-likeness (QED) is 0.649. The molecule has 3 rings (SSSR count). The van der Waals surface area contributed by atoms with E-state index in [9.17, 15) is 18.0 Å². The van der Waals surface area contributed by atoms with Gasteiger partial charge in [-0.3, -0.25) is 0 Å². The molecule has 0 aliphatic carbocycles. The third-order valence-corrected chi connectivity index (χ3v) is 4.75. The summed E-state index contributed by atoms with van der Waals surface area (Å²) in [5.74, 6) is 0. The molecule has 1 aliphatic rings. The number of benzene rings is 2. The number of carbonyl (C=O) groups excluding carboxylic acids is 1.